The van der Waals surface area contributed by atoms with Crippen LogP contribution in [-0.4, -0.2) is 59.7 Å². The molecule has 73 heavy (non-hydrogen) atoms. The van der Waals surface area contributed by atoms with Gasteiger partial charge >= 0.3 is 0 Å². The summed E-state index contributed by atoms with van der Waals surface area (Å²) in [5, 5.41) is 2.07. The summed E-state index contributed by atoms with van der Waals surface area (Å²) in [5.74, 6) is 1.77. The van der Waals surface area contributed by atoms with Gasteiger partial charge in [-0.25, -0.2) is 0 Å². The summed E-state index contributed by atoms with van der Waals surface area (Å²) < 4.78 is 16.2. The molecule has 0 N–H and O–H groups in total. The molecule has 7 heterocycles. The van der Waals surface area contributed by atoms with E-state index in [1.54, 1.807) is 22.7 Å². The summed E-state index contributed by atoms with van der Waals surface area (Å²) in [6.45, 7) is 19.6. The van der Waals surface area contributed by atoms with Crippen molar-refractivity contribution in [2.75, 3.05) is 26.3 Å². The third-order valence-electron chi connectivity index (χ3n) is 15.1. The minimum absolute atomic E-state index is 0.190. The monoisotopic (exact) mass is 1080 g/mol. The Kier molecular flexibility index (Phi) is 19.5. The van der Waals surface area contributed by atoms with Crippen LogP contribution < -0.4 is 9.47 Å². The van der Waals surface area contributed by atoms with Gasteiger partial charge in [0.25, 0.3) is 23.6 Å². The summed E-state index contributed by atoms with van der Waals surface area (Å²) in [5.41, 5.74) is 1.98. The molecule has 8 rings (SSSR count). The molecule has 4 amide bonds. The number of rotatable bonds is 31. The number of imide groups is 2. The van der Waals surface area contributed by atoms with E-state index in [9.17, 15) is 19.2 Å². The number of amides is 4. The zero-order valence-electron chi connectivity index (χ0n) is 44.8. The van der Waals surface area contributed by atoms with Gasteiger partial charge < -0.3 is 9.47 Å². The zero-order chi connectivity index (χ0) is 51.8. The lowest BCUT2D eigenvalue weighted by Crippen LogP contribution is -2.31. The number of carbonyl (C=O) groups excluding carboxylic acids is 4. The van der Waals surface area contributed by atoms with E-state index in [-0.39, 0.29) is 23.6 Å². The minimum atomic E-state index is -0.236. The third-order valence-corrected chi connectivity index (χ3v) is 21.2. The van der Waals surface area contributed by atoms with Crippen molar-refractivity contribution in [1.82, 2.24) is 9.80 Å². The average molecular weight is 1080 g/mol. The predicted octanol–water partition coefficient (Wildman–Crippen LogP) is 19.0. The number of unbranched alkanes of at least 4 members (excludes halogenated alkanes) is 12. The molecular weight excluding hydrogens is 1010 g/mol. The van der Waals surface area contributed by atoms with Crippen molar-refractivity contribution in [3.05, 3.63) is 56.3 Å². The van der Waals surface area contributed by atoms with E-state index < -0.39 is 0 Å². The molecule has 1 aromatic carbocycles. The SMILES string of the molecule is CCCCCCCCN1C(=O)c2c(C)sc(-c3ccc(-c4sc(-c5cc6c(OCC(CC)CCCC)c7sc(C)cc7c(OCC(CC)CCCC)c6s5)c5c4C(=O)N(CCCCCCCC)C5=O)s3)c2C1=O. The predicted molar refractivity (Wildman–Crippen MR) is 312 cm³/mol. The first-order chi connectivity index (χ1) is 35.5. The average Bonchev–Trinajstić information content (AvgIpc) is 4.27. The Morgan fingerprint density at radius 2 is 0.877 bits per heavy atom. The molecule has 2 unspecified atom stereocenters. The Labute approximate surface area is 454 Å². The summed E-state index contributed by atoms with van der Waals surface area (Å²) >= 11 is 7.93. The molecule has 6 aromatic rings. The number of ether oxygens (including phenoxy) is 2. The van der Waals surface area contributed by atoms with Gasteiger partial charge in [0, 0.05) is 48.2 Å². The molecule has 0 radical (unpaired) electrons. The van der Waals surface area contributed by atoms with Crippen LogP contribution in [0.3, 0.4) is 0 Å². The van der Waals surface area contributed by atoms with E-state index in [1.165, 1.54) is 87.2 Å². The summed E-state index contributed by atoms with van der Waals surface area (Å²) in [6.07, 6.45) is 21.7. The van der Waals surface area contributed by atoms with Crippen LogP contribution >= 0.6 is 56.7 Å². The van der Waals surface area contributed by atoms with E-state index >= 15 is 0 Å². The van der Waals surface area contributed by atoms with E-state index in [1.807, 2.05) is 19.1 Å². The molecule has 0 saturated carbocycles. The van der Waals surface area contributed by atoms with Gasteiger partial charge in [-0.05, 0) is 75.6 Å². The van der Waals surface area contributed by atoms with Crippen molar-refractivity contribution in [2.24, 2.45) is 11.8 Å². The molecule has 0 fully saturated rings. The maximum atomic E-state index is 14.9. The third kappa shape index (κ3) is 11.8. The second-order valence-electron chi connectivity index (χ2n) is 20.5. The number of thiophene rings is 5. The molecule has 0 aliphatic carbocycles. The van der Waals surface area contributed by atoms with Gasteiger partial charge in [0.15, 0.2) is 0 Å². The first-order valence-electron chi connectivity index (χ1n) is 27.9. The highest BCUT2D eigenvalue weighted by atomic mass is 32.1. The molecule has 0 bridgehead atoms. The van der Waals surface area contributed by atoms with Crippen molar-refractivity contribution in [3.8, 4) is 40.8 Å². The summed E-state index contributed by atoms with van der Waals surface area (Å²) in [6, 6.07) is 8.52. The van der Waals surface area contributed by atoms with Gasteiger partial charge in [-0.1, -0.05) is 144 Å². The van der Waals surface area contributed by atoms with Gasteiger partial charge in [0.05, 0.1) is 59.5 Å². The van der Waals surface area contributed by atoms with Crippen LogP contribution in [0.2, 0.25) is 0 Å². The van der Waals surface area contributed by atoms with Crippen LogP contribution in [0.1, 0.15) is 221 Å². The van der Waals surface area contributed by atoms with Crippen LogP contribution in [0.5, 0.6) is 11.5 Å². The van der Waals surface area contributed by atoms with Gasteiger partial charge in [-0.3, -0.25) is 29.0 Å². The molecule has 13 heteroatoms. The van der Waals surface area contributed by atoms with E-state index in [4.69, 9.17) is 9.47 Å². The quantitative estimate of drug-likeness (QED) is 0.0318. The Balaban J connectivity index is 1.21. The lowest BCUT2D eigenvalue weighted by molar-refractivity contribution is 0.0636. The topological polar surface area (TPSA) is 93.2 Å². The van der Waals surface area contributed by atoms with Gasteiger partial charge in [-0.15, -0.1) is 56.7 Å². The molecule has 0 spiro atoms. The standard InChI is InChI=1S/C60H78N2O6S5/c1-9-15-19-21-23-25-31-61-57(63)46-38(8)70-54(47(46)58(61)64)43-29-30-44(71-43)55-48-49(60(66)62(59(48)65)32-26-24-22-20-16-10-2)56(73-55)45-34-42-51(68-36-40(14-6)28-18-12-4)52-41(33-37(7)69-52)50(53(42)72-45)67-35-39(13-5)27-17-11-3/h29-30,33-34,39-40H,9-28,31-32,35-36H2,1-8H3. The highest BCUT2D eigenvalue weighted by Gasteiger charge is 2.44. The number of nitrogens with zero attached hydrogens (tertiary/aromatic N) is 2. The maximum Gasteiger partial charge on any atom is 0.263 e. The molecule has 0 saturated heterocycles. The second kappa shape index (κ2) is 25.8. The first kappa shape index (κ1) is 55.4. The lowest BCUT2D eigenvalue weighted by Gasteiger charge is -2.19. The van der Waals surface area contributed by atoms with Crippen LogP contribution in [0.25, 0.3) is 49.4 Å². The number of hydrogen-bond donors (Lipinski definition) is 0. The minimum Gasteiger partial charge on any atom is -0.491 e. The van der Waals surface area contributed by atoms with Crippen LogP contribution in [0, 0.1) is 25.7 Å². The van der Waals surface area contributed by atoms with Gasteiger partial charge in [-0.2, -0.15) is 0 Å². The fourth-order valence-corrected chi connectivity index (χ4v) is 16.6. The van der Waals surface area contributed by atoms with Crippen LogP contribution in [0.15, 0.2) is 24.3 Å². The van der Waals surface area contributed by atoms with Crippen molar-refractivity contribution in [2.45, 2.75) is 184 Å². The smallest absolute Gasteiger partial charge is 0.263 e. The summed E-state index contributed by atoms with van der Waals surface area (Å²) in [4.78, 5) is 67.8. The molecule has 2 aliphatic rings. The first-order valence-corrected chi connectivity index (χ1v) is 32.0. The number of carbonyl (C=O) groups is 4. The normalized spacial score (nSPS) is 14.5. The van der Waals surface area contributed by atoms with Crippen molar-refractivity contribution < 1.29 is 28.7 Å². The van der Waals surface area contributed by atoms with E-state index in [2.05, 4.69) is 60.6 Å². The molecule has 2 aliphatic heterocycles. The Bertz CT molecular complexity index is 2820. The molecule has 2 atom stereocenters. The summed E-state index contributed by atoms with van der Waals surface area (Å²) in [7, 11) is 0. The number of benzene rings is 1. The van der Waals surface area contributed by atoms with E-state index in [0.717, 1.165) is 156 Å². The Morgan fingerprint density at radius 1 is 0.452 bits per heavy atom. The zero-order valence-corrected chi connectivity index (χ0v) is 48.9. The van der Waals surface area contributed by atoms with Crippen molar-refractivity contribution in [3.63, 3.8) is 0 Å². The Morgan fingerprint density at radius 3 is 1.38 bits per heavy atom. The van der Waals surface area contributed by atoms with Crippen molar-refractivity contribution >= 4 is 100 Å². The highest BCUT2D eigenvalue weighted by molar-refractivity contribution is 7.30. The van der Waals surface area contributed by atoms with Crippen LogP contribution in [-0.2, 0) is 0 Å². The van der Waals surface area contributed by atoms with Gasteiger partial charge in [0.1, 0.15) is 11.5 Å². The molecule has 8 nitrogen and oxygen atoms in total. The fourth-order valence-electron chi connectivity index (χ4n) is 10.6. The number of hydrogen-bond acceptors (Lipinski definition) is 11. The fraction of sp³-hybridized carbons (Fsp3) is 0.567. The second-order valence-corrected chi connectivity index (χ2v) is 26.2. The van der Waals surface area contributed by atoms with Crippen LogP contribution in [0.4, 0.5) is 0 Å². The van der Waals surface area contributed by atoms with Crippen molar-refractivity contribution in [1.29, 1.82) is 0 Å². The maximum absolute atomic E-state index is 14.9. The van der Waals surface area contributed by atoms with E-state index in [0.29, 0.717) is 60.4 Å². The largest absolute Gasteiger partial charge is 0.491 e. The lowest BCUT2D eigenvalue weighted by atomic mass is 10.0. The molecule has 5 aromatic heterocycles. The molecule has 394 valence electrons. The number of aryl methyl sites for hydroxylation is 2. The van der Waals surface area contributed by atoms with Gasteiger partial charge in [0.2, 0.25) is 0 Å². The highest BCUT2D eigenvalue weighted by Crippen LogP contribution is 2.56. The number of fused-ring (bicyclic) bond motifs is 4. The Hall–Kier alpha value is -3.88. The molecular formula is C60H78N2O6S5.